The molecule has 4 nitrogen and oxygen atoms in total. The standard InChI is InChI=1S/C22H17N3O/c1-26-19-15-9-8-14-18(19)22-24-20(16-10-4-2-5-11-16)23-21(25-22)17-12-6-3-7-13-17/h2-15H,1H3. The maximum Gasteiger partial charge on any atom is 0.167 e. The van der Waals surface area contributed by atoms with E-state index in [-0.39, 0.29) is 0 Å². The van der Waals surface area contributed by atoms with Crippen LogP contribution >= 0.6 is 0 Å². The Balaban J connectivity index is 1.94. The van der Waals surface area contributed by atoms with E-state index in [0.29, 0.717) is 17.5 Å². The van der Waals surface area contributed by atoms with E-state index in [4.69, 9.17) is 19.7 Å². The Morgan fingerprint density at radius 3 is 1.54 bits per heavy atom. The van der Waals surface area contributed by atoms with Gasteiger partial charge >= 0.3 is 0 Å². The molecule has 0 fully saturated rings. The highest BCUT2D eigenvalue weighted by atomic mass is 16.5. The highest BCUT2D eigenvalue weighted by Crippen LogP contribution is 2.30. The number of ether oxygens (including phenoxy) is 1. The van der Waals surface area contributed by atoms with Gasteiger partial charge in [-0.25, -0.2) is 15.0 Å². The van der Waals surface area contributed by atoms with Crippen molar-refractivity contribution in [3.05, 3.63) is 84.9 Å². The van der Waals surface area contributed by atoms with Crippen LogP contribution in [0.4, 0.5) is 0 Å². The van der Waals surface area contributed by atoms with E-state index in [1.165, 1.54) is 0 Å². The zero-order valence-corrected chi connectivity index (χ0v) is 14.3. The Morgan fingerprint density at radius 2 is 1.00 bits per heavy atom. The molecule has 26 heavy (non-hydrogen) atoms. The summed E-state index contributed by atoms with van der Waals surface area (Å²) >= 11 is 0. The number of benzene rings is 3. The molecule has 0 aliphatic heterocycles. The highest BCUT2D eigenvalue weighted by Gasteiger charge is 2.14. The number of rotatable bonds is 4. The van der Waals surface area contributed by atoms with Gasteiger partial charge in [0.2, 0.25) is 0 Å². The molecule has 0 spiro atoms. The summed E-state index contributed by atoms with van der Waals surface area (Å²) < 4.78 is 5.49. The maximum absolute atomic E-state index is 5.49. The van der Waals surface area contributed by atoms with Crippen molar-refractivity contribution >= 4 is 0 Å². The Bertz CT molecular complexity index is 960. The van der Waals surface area contributed by atoms with E-state index in [2.05, 4.69) is 0 Å². The van der Waals surface area contributed by atoms with Crippen molar-refractivity contribution in [2.75, 3.05) is 7.11 Å². The minimum atomic E-state index is 0.593. The fourth-order valence-electron chi connectivity index (χ4n) is 2.76. The summed E-state index contributed by atoms with van der Waals surface area (Å²) in [5.41, 5.74) is 2.73. The molecule has 1 heterocycles. The van der Waals surface area contributed by atoms with Crippen molar-refractivity contribution < 1.29 is 4.74 Å². The first-order chi connectivity index (χ1) is 12.8. The molecule has 0 bridgehead atoms. The fourth-order valence-corrected chi connectivity index (χ4v) is 2.76. The van der Waals surface area contributed by atoms with Crippen LogP contribution in [-0.4, -0.2) is 22.1 Å². The molecule has 4 aromatic rings. The van der Waals surface area contributed by atoms with Gasteiger partial charge in [0.05, 0.1) is 12.7 Å². The third-order valence-corrected chi connectivity index (χ3v) is 4.05. The predicted octanol–water partition coefficient (Wildman–Crippen LogP) is 4.88. The Morgan fingerprint density at radius 1 is 0.538 bits per heavy atom. The van der Waals surface area contributed by atoms with Gasteiger partial charge in [0, 0.05) is 11.1 Å². The zero-order chi connectivity index (χ0) is 17.8. The van der Waals surface area contributed by atoms with Crippen LogP contribution in [0.1, 0.15) is 0 Å². The van der Waals surface area contributed by atoms with Crippen molar-refractivity contribution in [2.45, 2.75) is 0 Å². The third-order valence-electron chi connectivity index (χ3n) is 4.05. The average Bonchev–Trinajstić information content (AvgIpc) is 2.74. The SMILES string of the molecule is COc1ccccc1-c1nc(-c2ccccc2)nc(-c2ccccc2)n1. The topological polar surface area (TPSA) is 47.9 Å². The molecule has 0 radical (unpaired) electrons. The first-order valence-corrected chi connectivity index (χ1v) is 8.35. The molecule has 0 amide bonds. The molecule has 3 aromatic carbocycles. The molecule has 4 heteroatoms. The number of hydrogen-bond acceptors (Lipinski definition) is 4. The molecule has 0 saturated heterocycles. The van der Waals surface area contributed by atoms with Crippen LogP contribution in [0.3, 0.4) is 0 Å². The van der Waals surface area contributed by atoms with Crippen molar-refractivity contribution in [1.82, 2.24) is 15.0 Å². The third kappa shape index (κ3) is 3.17. The van der Waals surface area contributed by atoms with E-state index in [0.717, 1.165) is 22.4 Å². The minimum absolute atomic E-state index is 0.593. The van der Waals surface area contributed by atoms with Crippen LogP contribution in [0.25, 0.3) is 34.2 Å². The Kier molecular flexibility index (Phi) is 4.39. The van der Waals surface area contributed by atoms with Gasteiger partial charge in [-0.05, 0) is 12.1 Å². The number of nitrogens with zero attached hydrogens (tertiary/aromatic N) is 3. The number of methoxy groups -OCH3 is 1. The molecular formula is C22H17N3O. The summed E-state index contributed by atoms with van der Waals surface area (Å²) in [4.78, 5) is 14.1. The summed E-state index contributed by atoms with van der Waals surface area (Å²) in [6, 6.07) is 27.6. The highest BCUT2D eigenvalue weighted by molar-refractivity contribution is 5.69. The van der Waals surface area contributed by atoms with Gasteiger partial charge in [0.1, 0.15) is 5.75 Å². The second-order valence-corrected chi connectivity index (χ2v) is 5.74. The van der Waals surface area contributed by atoms with Gasteiger partial charge in [-0.1, -0.05) is 72.8 Å². The van der Waals surface area contributed by atoms with Crippen molar-refractivity contribution in [1.29, 1.82) is 0 Å². The molecule has 0 atom stereocenters. The average molecular weight is 339 g/mol. The summed E-state index contributed by atoms with van der Waals surface area (Å²) in [7, 11) is 1.65. The van der Waals surface area contributed by atoms with Gasteiger partial charge in [-0.3, -0.25) is 0 Å². The first-order valence-electron chi connectivity index (χ1n) is 8.35. The summed E-state index contributed by atoms with van der Waals surface area (Å²) in [6.45, 7) is 0. The van der Waals surface area contributed by atoms with E-state index in [1.807, 2.05) is 84.9 Å². The van der Waals surface area contributed by atoms with E-state index in [1.54, 1.807) is 7.11 Å². The van der Waals surface area contributed by atoms with Crippen LogP contribution in [-0.2, 0) is 0 Å². The van der Waals surface area contributed by atoms with Crippen LogP contribution in [0.5, 0.6) is 5.75 Å². The lowest BCUT2D eigenvalue weighted by Crippen LogP contribution is -2.01. The Hall–Kier alpha value is -3.53. The van der Waals surface area contributed by atoms with Crippen LogP contribution in [0, 0.1) is 0 Å². The fraction of sp³-hybridized carbons (Fsp3) is 0.0455. The second-order valence-electron chi connectivity index (χ2n) is 5.74. The number of aromatic nitrogens is 3. The zero-order valence-electron chi connectivity index (χ0n) is 14.3. The number of para-hydroxylation sites is 1. The lowest BCUT2D eigenvalue weighted by Gasteiger charge is -2.10. The molecule has 1 aromatic heterocycles. The van der Waals surface area contributed by atoms with E-state index < -0.39 is 0 Å². The predicted molar refractivity (Wildman–Crippen MR) is 103 cm³/mol. The van der Waals surface area contributed by atoms with Gasteiger partial charge in [-0.15, -0.1) is 0 Å². The van der Waals surface area contributed by atoms with Crippen molar-refractivity contribution in [3.63, 3.8) is 0 Å². The maximum atomic E-state index is 5.49. The summed E-state index contributed by atoms with van der Waals surface area (Å²) in [5.74, 6) is 2.60. The van der Waals surface area contributed by atoms with Crippen LogP contribution < -0.4 is 4.74 Å². The van der Waals surface area contributed by atoms with Gasteiger partial charge in [0.15, 0.2) is 17.5 Å². The van der Waals surface area contributed by atoms with Gasteiger partial charge in [-0.2, -0.15) is 0 Å². The van der Waals surface area contributed by atoms with Gasteiger partial charge < -0.3 is 4.74 Å². The molecule has 0 N–H and O–H groups in total. The molecular weight excluding hydrogens is 322 g/mol. The van der Waals surface area contributed by atoms with E-state index in [9.17, 15) is 0 Å². The van der Waals surface area contributed by atoms with Crippen LogP contribution in [0.2, 0.25) is 0 Å². The summed E-state index contributed by atoms with van der Waals surface area (Å²) in [6.07, 6.45) is 0. The monoisotopic (exact) mass is 339 g/mol. The summed E-state index contributed by atoms with van der Waals surface area (Å²) in [5, 5.41) is 0. The van der Waals surface area contributed by atoms with Crippen molar-refractivity contribution in [2.24, 2.45) is 0 Å². The van der Waals surface area contributed by atoms with Crippen molar-refractivity contribution in [3.8, 4) is 39.9 Å². The quantitative estimate of drug-likeness (QED) is 0.531. The normalized spacial score (nSPS) is 10.5. The molecule has 0 aliphatic carbocycles. The largest absolute Gasteiger partial charge is 0.496 e. The second kappa shape index (κ2) is 7.15. The van der Waals surface area contributed by atoms with Crippen LogP contribution in [0.15, 0.2) is 84.9 Å². The Labute approximate surface area is 152 Å². The molecule has 126 valence electrons. The van der Waals surface area contributed by atoms with Gasteiger partial charge in [0.25, 0.3) is 0 Å². The smallest absolute Gasteiger partial charge is 0.167 e. The molecule has 0 unspecified atom stereocenters. The molecule has 4 rings (SSSR count). The lowest BCUT2D eigenvalue weighted by molar-refractivity contribution is 0.416. The van der Waals surface area contributed by atoms with E-state index >= 15 is 0 Å². The number of hydrogen-bond donors (Lipinski definition) is 0. The molecule has 0 aliphatic rings. The first kappa shape index (κ1) is 16.0. The lowest BCUT2D eigenvalue weighted by atomic mass is 10.1. The molecule has 0 saturated carbocycles. The minimum Gasteiger partial charge on any atom is -0.496 e.